The van der Waals surface area contributed by atoms with Crippen LogP contribution in [0.3, 0.4) is 0 Å². The van der Waals surface area contributed by atoms with Crippen LogP contribution in [0.4, 0.5) is 19.0 Å². The Morgan fingerprint density at radius 1 is 1.31 bits per heavy atom. The van der Waals surface area contributed by atoms with E-state index in [1.807, 2.05) is 0 Å². The van der Waals surface area contributed by atoms with Crippen molar-refractivity contribution in [2.45, 2.75) is 18.6 Å². The molecular formula is C9H11F3N4. The van der Waals surface area contributed by atoms with E-state index in [1.54, 1.807) is 0 Å². The highest BCUT2D eigenvalue weighted by atomic mass is 19.4. The first kappa shape index (κ1) is 11.1. The van der Waals surface area contributed by atoms with Crippen LogP contribution in [0.5, 0.6) is 0 Å². The van der Waals surface area contributed by atoms with Gasteiger partial charge in [0.1, 0.15) is 5.82 Å². The van der Waals surface area contributed by atoms with E-state index in [0.717, 1.165) is 25.6 Å². The Bertz CT molecular complexity index is 343. The number of hydrogen-bond donors (Lipinski definition) is 2. The number of halogens is 3. The smallest absolute Gasteiger partial charge is 0.365 e. The second kappa shape index (κ2) is 4.25. The summed E-state index contributed by atoms with van der Waals surface area (Å²) in [6, 6.07) is 2.44. The molecule has 1 aliphatic heterocycles. The molecular weight excluding hydrogens is 221 g/mol. The lowest BCUT2D eigenvalue weighted by Gasteiger charge is -2.11. The summed E-state index contributed by atoms with van der Waals surface area (Å²) in [5, 5.41) is 12.8. The van der Waals surface area contributed by atoms with Crippen molar-refractivity contribution < 1.29 is 13.2 Å². The monoisotopic (exact) mass is 232 g/mol. The summed E-state index contributed by atoms with van der Waals surface area (Å²) in [5.74, 6) is 0.377. The van der Waals surface area contributed by atoms with E-state index in [0.29, 0.717) is 5.82 Å². The first-order chi connectivity index (χ1) is 7.55. The minimum Gasteiger partial charge on any atom is -0.365 e. The number of nitrogens with zero attached hydrogens (tertiary/aromatic N) is 2. The molecule has 0 aromatic carbocycles. The van der Waals surface area contributed by atoms with Gasteiger partial charge in [0.15, 0.2) is 5.69 Å². The molecule has 0 unspecified atom stereocenters. The molecule has 0 bridgehead atoms. The lowest BCUT2D eigenvalue weighted by atomic mass is 10.2. The summed E-state index contributed by atoms with van der Waals surface area (Å²) in [6.45, 7) is 1.70. The van der Waals surface area contributed by atoms with Crippen molar-refractivity contribution in [3.8, 4) is 0 Å². The van der Waals surface area contributed by atoms with E-state index < -0.39 is 11.9 Å². The van der Waals surface area contributed by atoms with E-state index >= 15 is 0 Å². The van der Waals surface area contributed by atoms with Gasteiger partial charge in [0.05, 0.1) is 0 Å². The third-order valence-corrected chi connectivity index (χ3v) is 2.37. The first-order valence-electron chi connectivity index (χ1n) is 4.94. The quantitative estimate of drug-likeness (QED) is 0.806. The highest BCUT2D eigenvalue weighted by molar-refractivity contribution is 5.35. The van der Waals surface area contributed by atoms with E-state index in [1.165, 1.54) is 6.07 Å². The van der Waals surface area contributed by atoms with Gasteiger partial charge in [0.2, 0.25) is 0 Å². The zero-order valence-corrected chi connectivity index (χ0v) is 8.38. The summed E-state index contributed by atoms with van der Waals surface area (Å²) in [5.41, 5.74) is -0.970. The van der Waals surface area contributed by atoms with Gasteiger partial charge in [-0.1, -0.05) is 0 Å². The van der Waals surface area contributed by atoms with Crippen molar-refractivity contribution in [1.82, 2.24) is 15.5 Å². The summed E-state index contributed by atoms with van der Waals surface area (Å²) in [6.07, 6.45) is -3.50. The zero-order chi connectivity index (χ0) is 11.6. The molecule has 1 saturated heterocycles. The minimum atomic E-state index is -4.43. The molecule has 1 aliphatic rings. The SMILES string of the molecule is FC(F)(F)c1ccc(N[C@@H]2CCNC2)nn1. The summed E-state index contributed by atoms with van der Waals surface area (Å²) in [7, 11) is 0. The minimum absolute atomic E-state index is 0.214. The van der Waals surface area contributed by atoms with E-state index in [2.05, 4.69) is 20.8 Å². The molecule has 1 aromatic heterocycles. The van der Waals surface area contributed by atoms with Crippen LogP contribution in [0.2, 0.25) is 0 Å². The number of anilines is 1. The van der Waals surface area contributed by atoms with Crippen molar-refractivity contribution in [3.05, 3.63) is 17.8 Å². The molecule has 2 heterocycles. The van der Waals surface area contributed by atoms with Crippen molar-refractivity contribution >= 4 is 5.82 Å². The predicted molar refractivity (Wildman–Crippen MR) is 51.9 cm³/mol. The van der Waals surface area contributed by atoms with E-state index in [4.69, 9.17) is 0 Å². The maximum absolute atomic E-state index is 12.2. The standard InChI is InChI=1S/C9H11F3N4/c10-9(11,12)7-1-2-8(16-15-7)14-6-3-4-13-5-6/h1-2,6,13H,3-5H2,(H,14,16)/t6-/m1/s1. The number of nitrogens with one attached hydrogen (secondary N) is 2. The van der Waals surface area contributed by atoms with Crippen LogP contribution in [0.1, 0.15) is 12.1 Å². The van der Waals surface area contributed by atoms with E-state index in [-0.39, 0.29) is 6.04 Å². The molecule has 4 nitrogen and oxygen atoms in total. The van der Waals surface area contributed by atoms with Gasteiger partial charge in [-0.3, -0.25) is 0 Å². The highest BCUT2D eigenvalue weighted by Crippen LogP contribution is 2.27. The van der Waals surface area contributed by atoms with Crippen LogP contribution in [0.25, 0.3) is 0 Å². The normalized spacial score (nSPS) is 21.1. The van der Waals surface area contributed by atoms with Crippen LogP contribution in [-0.4, -0.2) is 29.3 Å². The van der Waals surface area contributed by atoms with Crippen molar-refractivity contribution in [2.75, 3.05) is 18.4 Å². The van der Waals surface area contributed by atoms with Gasteiger partial charge in [0.25, 0.3) is 0 Å². The van der Waals surface area contributed by atoms with Crippen LogP contribution >= 0.6 is 0 Å². The fraction of sp³-hybridized carbons (Fsp3) is 0.556. The largest absolute Gasteiger partial charge is 0.435 e. The zero-order valence-electron chi connectivity index (χ0n) is 8.38. The number of rotatable bonds is 2. The molecule has 0 aliphatic carbocycles. The molecule has 2 rings (SSSR count). The maximum atomic E-state index is 12.2. The van der Waals surface area contributed by atoms with Gasteiger partial charge in [0, 0.05) is 12.6 Å². The Balaban J connectivity index is 2.01. The fourth-order valence-electron chi connectivity index (χ4n) is 1.55. The number of aromatic nitrogens is 2. The van der Waals surface area contributed by atoms with Crippen molar-refractivity contribution in [2.24, 2.45) is 0 Å². The van der Waals surface area contributed by atoms with Gasteiger partial charge >= 0.3 is 6.18 Å². The lowest BCUT2D eigenvalue weighted by molar-refractivity contribution is -0.141. The van der Waals surface area contributed by atoms with Crippen LogP contribution in [0.15, 0.2) is 12.1 Å². The van der Waals surface area contributed by atoms with Gasteiger partial charge in [-0.05, 0) is 25.1 Å². The Kier molecular flexibility index (Phi) is 2.95. The van der Waals surface area contributed by atoms with E-state index in [9.17, 15) is 13.2 Å². The summed E-state index contributed by atoms with van der Waals surface area (Å²) >= 11 is 0. The molecule has 0 radical (unpaired) electrons. The molecule has 0 saturated carbocycles. The Morgan fingerprint density at radius 3 is 2.62 bits per heavy atom. The Labute approximate surface area is 90.3 Å². The number of hydrogen-bond acceptors (Lipinski definition) is 4. The Hall–Kier alpha value is -1.37. The van der Waals surface area contributed by atoms with Crippen LogP contribution < -0.4 is 10.6 Å². The lowest BCUT2D eigenvalue weighted by Crippen LogP contribution is -2.23. The average Bonchev–Trinajstić information content (AvgIpc) is 2.70. The van der Waals surface area contributed by atoms with Crippen LogP contribution in [0, 0.1) is 0 Å². The van der Waals surface area contributed by atoms with Crippen molar-refractivity contribution in [1.29, 1.82) is 0 Å². The third-order valence-electron chi connectivity index (χ3n) is 2.37. The number of alkyl halides is 3. The summed E-state index contributed by atoms with van der Waals surface area (Å²) in [4.78, 5) is 0. The molecule has 0 amide bonds. The second-order valence-electron chi connectivity index (χ2n) is 3.64. The van der Waals surface area contributed by atoms with Gasteiger partial charge in [-0.2, -0.15) is 13.2 Å². The molecule has 16 heavy (non-hydrogen) atoms. The van der Waals surface area contributed by atoms with Gasteiger partial charge < -0.3 is 10.6 Å². The van der Waals surface area contributed by atoms with Crippen molar-refractivity contribution in [3.63, 3.8) is 0 Å². The molecule has 1 fully saturated rings. The molecule has 1 aromatic rings. The third kappa shape index (κ3) is 2.60. The van der Waals surface area contributed by atoms with Gasteiger partial charge in [-0.25, -0.2) is 0 Å². The Morgan fingerprint density at radius 2 is 2.12 bits per heavy atom. The predicted octanol–water partition coefficient (Wildman–Crippen LogP) is 1.27. The molecule has 1 atom stereocenters. The first-order valence-corrected chi connectivity index (χ1v) is 4.94. The van der Waals surface area contributed by atoms with Crippen LogP contribution in [-0.2, 0) is 6.18 Å². The molecule has 7 heteroatoms. The fourth-order valence-corrected chi connectivity index (χ4v) is 1.55. The van der Waals surface area contributed by atoms with Gasteiger partial charge in [-0.15, -0.1) is 10.2 Å². The maximum Gasteiger partial charge on any atom is 0.435 e. The topological polar surface area (TPSA) is 49.8 Å². The molecule has 0 spiro atoms. The molecule has 88 valence electrons. The highest BCUT2D eigenvalue weighted by Gasteiger charge is 2.32. The summed E-state index contributed by atoms with van der Waals surface area (Å²) < 4.78 is 36.6. The second-order valence-corrected chi connectivity index (χ2v) is 3.64. The average molecular weight is 232 g/mol. The molecule has 2 N–H and O–H groups in total.